The van der Waals surface area contributed by atoms with Gasteiger partial charge in [0.2, 0.25) is 23.6 Å². The molecule has 45 heavy (non-hydrogen) atoms. The van der Waals surface area contributed by atoms with Gasteiger partial charge in [-0.3, -0.25) is 33.8 Å². The van der Waals surface area contributed by atoms with Crippen LogP contribution in [0.5, 0.6) is 0 Å². The van der Waals surface area contributed by atoms with Crippen LogP contribution in [0.2, 0.25) is 0 Å². The summed E-state index contributed by atoms with van der Waals surface area (Å²) in [5.74, 6) is -7.84. The summed E-state index contributed by atoms with van der Waals surface area (Å²) in [5, 5.41) is 37.0. The fraction of sp³-hybridized carbons (Fsp3) is 0.481. The second-order valence-electron chi connectivity index (χ2n) is 10.0. The fourth-order valence-corrected chi connectivity index (χ4v) is 3.86. The lowest BCUT2D eigenvalue weighted by molar-refractivity contribution is -0.142. The molecule has 0 radical (unpaired) electrons. The Morgan fingerprint density at radius 2 is 1.33 bits per heavy atom. The zero-order chi connectivity index (χ0) is 34.1. The number of nitrogens with one attached hydrogen (secondary N) is 4. The van der Waals surface area contributed by atoms with E-state index in [1.165, 1.54) is 6.92 Å². The zero-order valence-electron chi connectivity index (χ0n) is 24.6. The SMILES string of the molecule is CC(NC(=O)C(N)CC(=O)O)C(=O)NC(CCC(=O)O)C(=O)NC(Cc1ccccc1)C(=O)NC(CCCN=C(N)N)C(=O)O. The van der Waals surface area contributed by atoms with Crippen LogP contribution in [0, 0.1) is 0 Å². The van der Waals surface area contributed by atoms with Crippen LogP contribution in [0.3, 0.4) is 0 Å². The Bertz CT molecular complexity index is 1240. The molecule has 0 bridgehead atoms. The summed E-state index contributed by atoms with van der Waals surface area (Å²) >= 11 is 0. The first-order chi connectivity index (χ1) is 21.1. The van der Waals surface area contributed by atoms with Crippen LogP contribution in [-0.4, -0.2) is 99.6 Å². The standard InChI is InChI=1S/C27H40N8O10/c1-14(32-23(41)16(28)13-21(38)39)22(40)33-17(9-10-20(36)37)24(42)35-19(12-15-6-3-2-4-7-15)25(43)34-18(26(44)45)8-5-11-31-27(29)30/h2-4,6-7,14,16-19H,5,8-13,28H2,1H3,(H,32,41)(H,33,40)(H,34,43)(H,35,42)(H,36,37)(H,38,39)(H,44,45)(H4,29,30,31). The van der Waals surface area contributed by atoms with E-state index in [0.29, 0.717) is 5.56 Å². The number of aliphatic imine (C=N–C) groups is 1. The summed E-state index contributed by atoms with van der Waals surface area (Å²) in [6.07, 6.45) is -1.59. The predicted octanol–water partition coefficient (Wildman–Crippen LogP) is -3.01. The number of nitrogens with zero attached hydrogens (tertiary/aromatic N) is 1. The number of guanidine groups is 1. The second kappa shape index (κ2) is 19.1. The quantitative estimate of drug-likeness (QED) is 0.0388. The van der Waals surface area contributed by atoms with Gasteiger partial charge in [-0.25, -0.2) is 4.79 Å². The summed E-state index contributed by atoms with van der Waals surface area (Å²) in [6, 6.07) is 1.45. The number of rotatable bonds is 20. The van der Waals surface area contributed by atoms with E-state index in [1.807, 2.05) is 0 Å². The third-order valence-corrected chi connectivity index (χ3v) is 6.24. The van der Waals surface area contributed by atoms with Gasteiger partial charge >= 0.3 is 17.9 Å². The minimum atomic E-state index is -1.50. The minimum Gasteiger partial charge on any atom is -0.481 e. The molecule has 18 heteroatoms. The summed E-state index contributed by atoms with van der Waals surface area (Å²) in [4.78, 5) is 89.2. The Balaban J connectivity index is 3.13. The smallest absolute Gasteiger partial charge is 0.326 e. The van der Waals surface area contributed by atoms with E-state index in [4.69, 9.17) is 27.4 Å². The monoisotopic (exact) mass is 636 g/mol. The average Bonchev–Trinajstić information content (AvgIpc) is 2.95. The summed E-state index contributed by atoms with van der Waals surface area (Å²) < 4.78 is 0. The Morgan fingerprint density at radius 3 is 1.89 bits per heavy atom. The lowest BCUT2D eigenvalue weighted by Crippen LogP contribution is -2.58. The molecule has 0 aliphatic heterocycles. The highest BCUT2D eigenvalue weighted by Gasteiger charge is 2.31. The number of aliphatic carboxylic acids is 3. The maximum atomic E-state index is 13.3. The van der Waals surface area contributed by atoms with Crippen molar-refractivity contribution in [3.8, 4) is 0 Å². The van der Waals surface area contributed by atoms with Crippen LogP contribution in [0.15, 0.2) is 35.3 Å². The van der Waals surface area contributed by atoms with E-state index in [1.54, 1.807) is 30.3 Å². The van der Waals surface area contributed by atoms with Gasteiger partial charge in [0.1, 0.15) is 24.2 Å². The number of carbonyl (C=O) groups is 7. The molecule has 248 valence electrons. The van der Waals surface area contributed by atoms with E-state index in [2.05, 4.69) is 26.3 Å². The molecule has 1 aromatic rings. The maximum Gasteiger partial charge on any atom is 0.326 e. The number of carboxylic acid groups (broad SMARTS) is 3. The first-order valence-electron chi connectivity index (χ1n) is 13.8. The predicted molar refractivity (Wildman–Crippen MR) is 158 cm³/mol. The average molecular weight is 637 g/mol. The molecule has 0 fully saturated rings. The molecule has 0 saturated carbocycles. The third kappa shape index (κ3) is 15.2. The molecule has 5 atom stereocenters. The molecule has 18 nitrogen and oxygen atoms in total. The number of amides is 4. The van der Waals surface area contributed by atoms with Crippen molar-refractivity contribution in [2.45, 2.75) is 75.7 Å². The number of carbonyl (C=O) groups excluding carboxylic acids is 4. The van der Waals surface area contributed by atoms with Gasteiger partial charge in [0.05, 0.1) is 12.5 Å². The highest BCUT2D eigenvalue weighted by atomic mass is 16.4. The van der Waals surface area contributed by atoms with Crippen molar-refractivity contribution in [3.63, 3.8) is 0 Å². The fourth-order valence-electron chi connectivity index (χ4n) is 3.86. The van der Waals surface area contributed by atoms with Crippen molar-refractivity contribution >= 4 is 47.5 Å². The van der Waals surface area contributed by atoms with Gasteiger partial charge in [-0.1, -0.05) is 30.3 Å². The van der Waals surface area contributed by atoms with Gasteiger partial charge in [-0.2, -0.15) is 0 Å². The number of hydrogen-bond donors (Lipinski definition) is 10. The van der Waals surface area contributed by atoms with Gasteiger partial charge in [-0.05, 0) is 31.7 Å². The number of benzene rings is 1. The van der Waals surface area contributed by atoms with Gasteiger partial charge < -0.3 is 53.8 Å². The normalized spacial score (nSPS) is 13.9. The van der Waals surface area contributed by atoms with Crippen LogP contribution in [0.4, 0.5) is 0 Å². The largest absolute Gasteiger partial charge is 0.481 e. The van der Waals surface area contributed by atoms with Crippen LogP contribution < -0.4 is 38.5 Å². The molecule has 1 aromatic carbocycles. The Labute approximate surface area is 258 Å². The lowest BCUT2D eigenvalue weighted by Gasteiger charge is -2.25. The Hall–Kier alpha value is -5.26. The summed E-state index contributed by atoms with van der Waals surface area (Å²) in [6.45, 7) is 1.35. The van der Waals surface area contributed by atoms with E-state index < -0.39 is 91.0 Å². The first kappa shape index (κ1) is 37.8. The summed E-state index contributed by atoms with van der Waals surface area (Å²) in [7, 11) is 0. The van der Waals surface area contributed by atoms with E-state index >= 15 is 0 Å². The maximum absolute atomic E-state index is 13.3. The molecular weight excluding hydrogens is 596 g/mol. The van der Waals surface area contributed by atoms with Gasteiger partial charge in [0.25, 0.3) is 0 Å². The van der Waals surface area contributed by atoms with E-state index in [0.717, 1.165) is 0 Å². The van der Waals surface area contributed by atoms with Crippen molar-refractivity contribution in [1.29, 1.82) is 0 Å². The molecule has 4 amide bonds. The van der Waals surface area contributed by atoms with E-state index in [-0.39, 0.29) is 31.8 Å². The summed E-state index contributed by atoms with van der Waals surface area (Å²) in [5.41, 5.74) is 16.6. The van der Waals surface area contributed by atoms with E-state index in [9.17, 15) is 38.7 Å². The number of carboxylic acids is 3. The molecule has 0 aliphatic rings. The number of nitrogens with two attached hydrogens (primary N) is 3. The Morgan fingerprint density at radius 1 is 0.756 bits per heavy atom. The topological polar surface area (TPSA) is 319 Å². The molecular formula is C27H40N8O10. The zero-order valence-corrected chi connectivity index (χ0v) is 24.6. The highest BCUT2D eigenvalue weighted by Crippen LogP contribution is 2.08. The van der Waals surface area contributed by atoms with Gasteiger partial charge in [0, 0.05) is 19.4 Å². The molecule has 0 heterocycles. The second-order valence-corrected chi connectivity index (χ2v) is 10.0. The van der Waals surface area contributed by atoms with Crippen LogP contribution in [0.25, 0.3) is 0 Å². The highest BCUT2D eigenvalue weighted by molar-refractivity contribution is 5.96. The molecule has 5 unspecified atom stereocenters. The Kier molecular flexibility index (Phi) is 16.0. The van der Waals surface area contributed by atoms with Crippen LogP contribution in [0.1, 0.15) is 44.6 Å². The number of hydrogen-bond acceptors (Lipinski definition) is 9. The lowest BCUT2D eigenvalue weighted by atomic mass is 10.0. The van der Waals surface area contributed by atoms with Crippen LogP contribution in [-0.2, 0) is 40.0 Å². The molecule has 1 rings (SSSR count). The van der Waals surface area contributed by atoms with Crippen molar-refractivity contribution < 1.29 is 48.9 Å². The first-order valence-corrected chi connectivity index (χ1v) is 13.8. The third-order valence-electron chi connectivity index (χ3n) is 6.24. The van der Waals surface area contributed by atoms with Crippen molar-refractivity contribution in [2.24, 2.45) is 22.2 Å². The van der Waals surface area contributed by atoms with Gasteiger partial charge in [-0.15, -0.1) is 0 Å². The van der Waals surface area contributed by atoms with Crippen molar-refractivity contribution in [2.75, 3.05) is 6.54 Å². The molecule has 0 aliphatic carbocycles. The van der Waals surface area contributed by atoms with Crippen molar-refractivity contribution in [1.82, 2.24) is 21.3 Å². The van der Waals surface area contributed by atoms with Crippen LogP contribution >= 0.6 is 0 Å². The molecule has 13 N–H and O–H groups in total. The minimum absolute atomic E-state index is 0.0408. The molecule has 0 aromatic heterocycles. The molecule has 0 spiro atoms. The van der Waals surface area contributed by atoms with Crippen molar-refractivity contribution in [3.05, 3.63) is 35.9 Å². The molecule has 0 saturated heterocycles. The van der Waals surface area contributed by atoms with Gasteiger partial charge in [0.15, 0.2) is 5.96 Å².